The van der Waals surface area contributed by atoms with Crippen molar-refractivity contribution < 1.29 is 0 Å². The Morgan fingerprint density at radius 1 is 1.41 bits per heavy atom. The summed E-state index contributed by atoms with van der Waals surface area (Å²) in [6.45, 7) is 4.22. The first-order valence-corrected chi connectivity index (χ1v) is 6.31. The summed E-state index contributed by atoms with van der Waals surface area (Å²) >= 11 is 0. The third kappa shape index (κ3) is 2.85. The highest BCUT2D eigenvalue weighted by atomic mass is 15.2. The van der Waals surface area contributed by atoms with Crippen LogP contribution in [-0.2, 0) is 6.54 Å². The Balaban J connectivity index is 2.08. The van der Waals surface area contributed by atoms with E-state index in [9.17, 15) is 0 Å². The van der Waals surface area contributed by atoms with Crippen molar-refractivity contribution in [1.29, 1.82) is 0 Å². The van der Waals surface area contributed by atoms with Gasteiger partial charge >= 0.3 is 0 Å². The number of nitrogens with two attached hydrogens (primary N) is 2. The molecule has 17 heavy (non-hydrogen) atoms. The lowest BCUT2D eigenvalue weighted by atomic mass is 9.99. The van der Waals surface area contributed by atoms with E-state index in [0.29, 0.717) is 11.9 Å². The fourth-order valence-corrected chi connectivity index (χ4v) is 2.51. The second kappa shape index (κ2) is 5.31. The van der Waals surface area contributed by atoms with Gasteiger partial charge in [-0.1, -0.05) is 13.3 Å². The lowest BCUT2D eigenvalue weighted by molar-refractivity contribution is 0.136. The molecule has 2 heterocycles. The third-order valence-electron chi connectivity index (χ3n) is 3.51. The van der Waals surface area contributed by atoms with Crippen molar-refractivity contribution in [3.8, 4) is 0 Å². The molecule has 0 saturated carbocycles. The van der Waals surface area contributed by atoms with Gasteiger partial charge in [-0.15, -0.1) is 0 Å². The number of aromatic nitrogens is 2. The van der Waals surface area contributed by atoms with E-state index in [-0.39, 0.29) is 5.95 Å². The molecule has 0 aliphatic carbocycles. The van der Waals surface area contributed by atoms with Crippen LogP contribution < -0.4 is 11.5 Å². The molecule has 1 aromatic heterocycles. The summed E-state index contributed by atoms with van der Waals surface area (Å²) in [6.07, 6.45) is 6.83. The molecule has 2 rings (SSSR count). The average Bonchev–Trinajstić information content (AvgIpc) is 2.33. The Morgan fingerprint density at radius 2 is 2.24 bits per heavy atom. The fourth-order valence-electron chi connectivity index (χ4n) is 2.51. The van der Waals surface area contributed by atoms with Crippen molar-refractivity contribution >= 4 is 11.8 Å². The minimum atomic E-state index is 0.247. The van der Waals surface area contributed by atoms with Gasteiger partial charge in [-0.3, -0.25) is 4.90 Å². The average molecular weight is 235 g/mol. The van der Waals surface area contributed by atoms with Crippen molar-refractivity contribution in [3.05, 3.63) is 11.8 Å². The molecule has 1 unspecified atom stereocenters. The number of nitrogen functional groups attached to an aromatic ring is 2. The molecular weight excluding hydrogens is 214 g/mol. The number of hydrogen-bond acceptors (Lipinski definition) is 5. The van der Waals surface area contributed by atoms with Crippen LogP contribution in [0.15, 0.2) is 6.20 Å². The van der Waals surface area contributed by atoms with Gasteiger partial charge in [0.15, 0.2) is 0 Å². The zero-order valence-corrected chi connectivity index (χ0v) is 10.4. The molecule has 1 aromatic rings. The quantitative estimate of drug-likeness (QED) is 0.827. The normalized spacial score (nSPS) is 21.6. The van der Waals surface area contributed by atoms with Gasteiger partial charge in [0.1, 0.15) is 5.82 Å². The van der Waals surface area contributed by atoms with E-state index in [4.69, 9.17) is 11.5 Å². The van der Waals surface area contributed by atoms with Crippen LogP contribution >= 0.6 is 0 Å². The zero-order chi connectivity index (χ0) is 12.3. The van der Waals surface area contributed by atoms with Gasteiger partial charge in [-0.05, 0) is 25.8 Å². The molecule has 0 aromatic carbocycles. The highest BCUT2D eigenvalue weighted by Crippen LogP contribution is 2.22. The molecule has 1 fully saturated rings. The number of hydrogen-bond donors (Lipinski definition) is 2. The monoisotopic (exact) mass is 235 g/mol. The first-order valence-electron chi connectivity index (χ1n) is 6.31. The van der Waals surface area contributed by atoms with Crippen LogP contribution in [-0.4, -0.2) is 27.5 Å². The number of piperidine rings is 1. The van der Waals surface area contributed by atoms with E-state index in [1.807, 2.05) is 0 Å². The number of nitrogens with zero attached hydrogens (tertiary/aromatic N) is 3. The summed E-state index contributed by atoms with van der Waals surface area (Å²) in [6, 6.07) is 0.667. The van der Waals surface area contributed by atoms with Gasteiger partial charge in [0.2, 0.25) is 5.95 Å². The third-order valence-corrected chi connectivity index (χ3v) is 3.51. The maximum Gasteiger partial charge on any atom is 0.221 e. The molecule has 0 amide bonds. The van der Waals surface area contributed by atoms with Gasteiger partial charge in [0.05, 0.1) is 0 Å². The molecule has 0 bridgehead atoms. The molecular formula is C12H21N5. The topological polar surface area (TPSA) is 81.1 Å². The van der Waals surface area contributed by atoms with Crippen LogP contribution in [0.3, 0.4) is 0 Å². The van der Waals surface area contributed by atoms with E-state index in [1.54, 1.807) is 6.20 Å². The van der Waals surface area contributed by atoms with Gasteiger partial charge in [-0.25, -0.2) is 4.98 Å². The molecule has 1 aliphatic heterocycles. The Hall–Kier alpha value is -1.36. The van der Waals surface area contributed by atoms with Gasteiger partial charge in [-0.2, -0.15) is 4.98 Å². The number of likely N-dealkylation sites (tertiary alicyclic amines) is 1. The molecule has 4 N–H and O–H groups in total. The summed E-state index contributed by atoms with van der Waals surface area (Å²) in [5.41, 5.74) is 12.4. The van der Waals surface area contributed by atoms with Crippen molar-refractivity contribution in [2.24, 2.45) is 0 Å². The second-order valence-corrected chi connectivity index (χ2v) is 4.67. The van der Waals surface area contributed by atoms with Crippen molar-refractivity contribution in [3.63, 3.8) is 0 Å². The molecule has 0 spiro atoms. The van der Waals surface area contributed by atoms with Gasteiger partial charge in [0.25, 0.3) is 0 Å². The molecule has 94 valence electrons. The van der Waals surface area contributed by atoms with Crippen LogP contribution in [0.4, 0.5) is 11.8 Å². The van der Waals surface area contributed by atoms with Gasteiger partial charge in [0, 0.05) is 24.3 Å². The summed E-state index contributed by atoms with van der Waals surface area (Å²) < 4.78 is 0. The first kappa shape index (κ1) is 12.1. The lowest BCUT2D eigenvalue weighted by Gasteiger charge is -2.35. The molecule has 5 nitrogen and oxygen atoms in total. The van der Waals surface area contributed by atoms with Gasteiger partial charge < -0.3 is 11.5 Å². The maximum atomic E-state index is 5.87. The fraction of sp³-hybridized carbons (Fsp3) is 0.667. The van der Waals surface area contributed by atoms with Crippen LogP contribution in [0.2, 0.25) is 0 Å². The molecule has 1 saturated heterocycles. The SMILES string of the molecule is CCC1CCCCN1Cc1cnc(N)nc1N. The lowest BCUT2D eigenvalue weighted by Crippen LogP contribution is -2.38. The van der Waals surface area contributed by atoms with Crippen molar-refractivity contribution in [2.45, 2.75) is 45.2 Å². The summed E-state index contributed by atoms with van der Waals surface area (Å²) in [4.78, 5) is 10.5. The Bertz CT molecular complexity index is 379. The Labute approximate surface area is 102 Å². The van der Waals surface area contributed by atoms with Crippen LogP contribution in [0.25, 0.3) is 0 Å². The Kier molecular flexibility index (Phi) is 3.78. The predicted molar refractivity (Wildman–Crippen MR) is 69.2 cm³/mol. The molecule has 5 heteroatoms. The van der Waals surface area contributed by atoms with Crippen molar-refractivity contribution in [1.82, 2.24) is 14.9 Å². The maximum absolute atomic E-state index is 5.87. The standard InChI is InChI=1S/C12H21N5/c1-2-10-5-3-4-6-17(10)8-9-7-15-12(14)16-11(9)13/h7,10H,2-6,8H2,1H3,(H4,13,14,15,16). The highest BCUT2D eigenvalue weighted by molar-refractivity contribution is 5.41. The molecule has 1 atom stereocenters. The van der Waals surface area contributed by atoms with E-state index in [2.05, 4.69) is 21.8 Å². The molecule has 0 radical (unpaired) electrons. The number of anilines is 2. The minimum absolute atomic E-state index is 0.247. The summed E-state index contributed by atoms with van der Waals surface area (Å²) in [7, 11) is 0. The summed E-state index contributed by atoms with van der Waals surface area (Å²) in [5, 5.41) is 0. The Morgan fingerprint density at radius 3 is 2.94 bits per heavy atom. The smallest absolute Gasteiger partial charge is 0.221 e. The minimum Gasteiger partial charge on any atom is -0.383 e. The largest absolute Gasteiger partial charge is 0.383 e. The number of rotatable bonds is 3. The first-order chi connectivity index (χ1) is 8.20. The van der Waals surface area contributed by atoms with Crippen molar-refractivity contribution in [2.75, 3.05) is 18.0 Å². The highest BCUT2D eigenvalue weighted by Gasteiger charge is 2.21. The summed E-state index contributed by atoms with van der Waals surface area (Å²) in [5.74, 6) is 0.759. The zero-order valence-electron chi connectivity index (χ0n) is 10.4. The second-order valence-electron chi connectivity index (χ2n) is 4.67. The predicted octanol–water partition coefficient (Wildman–Crippen LogP) is 1.41. The van der Waals surface area contributed by atoms with E-state index < -0.39 is 0 Å². The van der Waals surface area contributed by atoms with Crippen LogP contribution in [0.1, 0.15) is 38.2 Å². The molecule has 1 aliphatic rings. The van der Waals surface area contributed by atoms with Crippen LogP contribution in [0.5, 0.6) is 0 Å². The van der Waals surface area contributed by atoms with E-state index in [0.717, 1.165) is 18.7 Å². The van der Waals surface area contributed by atoms with E-state index >= 15 is 0 Å². The van der Waals surface area contributed by atoms with E-state index in [1.165, 1.54) is 25.7 Å². The van der Waals surface area contributed by atoms with Crippen LogP contribution in [0, 0.1) is 0 Å².